The Hall–Kier alpha value is -8.34. The third-order valence-electron chi connectivity index (χ3n) is 13.1. The van der Waals surface area contributed by atoms with Crippen LogP contribution in [0.15, 0.2) is 231 Å². The third-order valence-corrected chi connectivity index (χ3v) is 13.1. The molecule has 0 spiro atoms. The first-order valence-electron chi connectivity index (χ1n) is 25.0. The minimum absolute atomic E-state index is 0.854. The molecule has 1 heterocycles. The number of allylic oxidation sites excluding steroid dienone is 7. The Morgan fingerprint density at radius 3 is 1.58 bits per heavy atom. The summed E-state index contributed by atoms with van der Waals surface area (Å²) in [6.45, 7) is 18.2. The summed E-state index contributed by atoms with van der Waals surface area (Å²) in [6, 6.07) is 69.3. The van der Waals surface area contributed by atoms with Crippen molar-refractivity contribution < 1.29 is 0 Å². The third kappa shape index (κ3) is 9.54. The summed E-state index contributed by atoms with van der Waals surface area (Å²) in [6.07, 6.45) is 12.4. The molecule has 0 unspecified atom stereocenters. The van der Waals surface area contributed by atoms with Gasteiger partial charge in [0.1, 0.15) is 0 Å². The standard InChI is InChI=1S/C64H58N4.C3H6/c1-7-10-24-48(9-3)68-61-38-35-45(5)41-58(61)59-43-52(36-39-62(59)68)67(50-27-15-12-16-28-50)64-55-32-19-17-30-53(55)63(54-31-18-20-33-56(54)64)66(49-25-13-11-14-26-49)51-29-21-23-47(42-51)57-40-44(4)34-37-60(57)65-46(6)22-8-2;1-3-2/h7,9-23,25-43,65H,8,24H2,1-6H3;3H,1H2,2H3/b10-7-,46-22+,48-9+;. The molecule has 10 aromatic rings. The number of nitrogens with zero attached hydrogens (tertiary/aromatic N) is 3. The Morgan fingerprint density at radius 2 is 1.03 bits per heavy atom. The first-order valence-corrected chi connectivity index (χ1v) is 25.0. The molecule has 0 saturated heterocycles. The first kappa shape index (κ1) is 47.7. The molecule has 71 heavy (non-hydrogen) atoms. The lowest BCUT2D eigenvalue weighted by atomic mass is 9.94. The number of para-hydroxylation sites is 2. The maximum absolute atomic E-state index is 3.71. The molecule has 0 atom stereocenters. The number of benzene rings is 9. The summed E-state index contributed by atoms with van der Waals surface area (Å²) in [5.74, 6) is 0. The average molecular weight is 925 g/mol. The second-order valence-corrected chi connectivity index (χ2v) is 18.2. The highest BCUT2D eigenvalue weighted by Gasteiger charge is 2.26. The summed E-state index contributed by atoms with van der Waals surface area (Å²) in [5.41, 5.74) is 17.3. The van der Waals surface area contributed by atoms with Crippen LogP contribution in [0.4, 0.5) is 39.8 Å². The molecule has 0 bridgehead atoms. The van der Waals surface area contributed by atoms with Crippen molar-refractivity contribution in [2.45, 2.75) is 61.3 Å². The SMILES string of the molecule is C/C=C\C/C(=C\C)n1c2ccc(C)cc2c2cc(N(c3ccccc3)c3c4ccccc4c(N(c4ccccc4)c4cccc(-c5cc(C)ccc5N/C(C)=C/CC)c4)c4ccccc34)ccc21.C=CC. The van der Waals surface area contributed by atoms with E-state index in [9.17, 15) is 0 Å². The minimum atomic E-state index is 0.854. The molecule has 0 fully saturated rings. The van der Waals surface area contributed by atoms with Crippen molar-refractivity contribution in [3.05, 3.63) is 242 Å². The van der Waals surface area contributed by atoms with Crippen LogP contribution in [0.1, 0.15) is 58.6 Å². The predicted octanol–water partition coefficient (Wildman–Crippen LogP) is 20.1. The lowest BCUT2D eigenvalue weighted by molar-refractivity contribution is 1.13. The smallest absolute Gasteiger partial charge is 0.0619 e. The number of aryl methyl sites for hydroxylation is 2. The summed E-state index contributed by atoms with van der Waals surface area (Å²) in [5, 5.41) is 10.8. The lowest BCUT2D eigenvalue weighted by Gasteiger charge is -2.33. The quantitative estimate of drug-likeness (QED) is 0.0708. The van der Waals surface area contributed by atoms with E-state index in [0.29, 0.717) is 0 Å². The maximum atomic E-state index is 3.71. The number of rotatable bonds is 13. The summed E-state index contributed by atoms with van der Waals surface area (Å²) in [7, 11) is 0. The van der Waals surface area contributed by atoms with Crippen LogP contribution in [-0.2, 0) is 0 Å². The summed E-state index contributed by atoms with van der Waals surface area (Å²) >= 11 is 0. The molecule has 0 aliphatic rings. The minimum Gasteiger partial charge on any atom is -0.359 e. The highest BCUT2D eigenvalue weighted by Crippen LogP contribution is 2.52. The van der Waals surface area contributed by atoms with Crippen LogP contribution in [0.5, 0.6) is 0 Å². The van der Waals surface area contributed by atoms with E-state index >= 15 is 0 Å². The fourth-order valence-electron chi connectivity index (χ4n) is 10.1. The second kappa shape index (κ2) is 21.5. The second-order valence-electron chi connectivity index (χ2n) is 18.2. The molecule has 9 aromatic carbocycles. The maximum Gasteiger partial charge on any atom is 0.0619 e. The van der Waals surface area contributed by atoms with E-state index < -0.39 is 0 Å². The van der Waals surface area contributed by atoms with Gasteiger partial charge in [-0.25, -0.2) is 0 Å². The zero-order chi connectivity index (χ0) is 49.4. The molecule has 1 aromatic heterocycles. The zero-order valence-corrected chi connectivity index (χ0v) is 42.2. The molecule has 10 rings (SSSR count). The molecule has 352 valence electrons. The van der Waals surface area contributed by atoms with Crippen LogP contribution >= 0.6 is 0 Å². The molecule has 0 amide bonds. The van der Waals surface area contributed by atoms with Crippen molar-refractivity contribution in [2.75, 3.05) is 15.1 Å². The van der Waals surface area contributed by atoms with Crippen LogP contribution in [0.2, 0.25) is 0 Å². The van der Waals surface area contributed by atoms with E-state index in [2.05, 4.69) is 280 Å². The molecule has 0 radical (unpaired) electrons. The molecule has 0 aliphatic carbocycles. The van der Waals surface area contributed by atoms with Crippen molar-refractivity contribution in [1.29, 1.82) is 0 Å². The number of hydrogen-bond donors (Lipinski definition) is 1. The molecule has 4 nitrogen and oxygen atoms in total. The molecule has 1 N–H and O–H groups in total. The van der Waals surface area contributed by atoms with E-state index in [1.807, 2.05) is 6.92 Å². The van der Waals surface area contributed by atoms with Crippen LogP contribution in [-0.4, -0.2) is 4.57 Å². The number of hydrogen-bond acceptors (Lipinski definition) is 3. The molecular formula is C67H64N4. The fourth-order valence-corrected chi connectivity index (χ4v) is 10.1. The van der Waals surface area contributed by atoms with Gasteiger partial charge in [-0.2, -0.15) is 0 Å². The Bertz CT molecular complexity index is 3550. The number of nitrogens with one attached hydrogen (secondary N) is 1. The Morgan fingerprint density at radius 1 is 0.535 bits per heavy atom. The topological polar surface area (TPSA) is 23.4 Å². The van der Waals surface area contributed by atoms with Gasteiger partial charge in [0, 0.05) is 84.1 Å². The molecule has 0 aliphatic heterocycles. The van der Waals surface area contributed by atoms with Gasteiger partial charge in [-0.05, 0) is 132 Å². The van der Waals surface area contributed by atoms with Crippen LogP contribution < -0.4 is 15.1 Å². The van der Waals surface area contributed by atoms with E-state index in [4.69, 9.17) is 0 Å². The van der Waals surface area contributed by atoms with Gasteiger partial charge < -0.3 is 19.7 Å². The van der Waals surface area contributed by atoms with Gasteiger partial charge in [0.15, 0.2) is 0 Å². The van der Waals surface area contributed by atoms with Gasteiger partial charge in [0.25, 0.3) is 0 Å². The summed E-state index contributed by atoms with van der Waals surface area (Å²) in [4.78, 5) is 4.95. The van der Waals surface area contributed by atoms with Crippen LogP contribution in [0.25, 0.3) is 60.2 Å². The molecule has 0 saturated carbocycles. The van der Waals surface area contributed by atoms with Crippen molar-refractivity contribution in [3.8, 4) is 11.1 Å². The zero-order valence-electron chi connectivity index (χ0n) is 42.2. The van der Waals surface area contributed by atoms with Crippen molar-refractivity contribution in [3.63, 3.8) is 0 Å². The monoisotopic (exact) mass is 925 g/mol. The number of fused-ring (bicyclic) bond motifs is 5. The van der Waals surface area contributed by atoms with Gasteiger partial charge in [0.05, 0.1) is 22.4 Å². The average Bonchev–Trinajstić information content (AvgIpc) is 3.71. The lowest BCUT2D eigenvalue weighted by Crippen LogP contribution is -2.14. The normalized spacial score (nSPS) is 11.9. The van der Waals surface area contributed by atoms with Gasteiger partial charge >= 0.3 is 0 Å². The predicted molar refractivity (Wildman–Crippen MR) is 312 cm³/mol. The van der Waals surface area contributed by atoms with Crippen LogP contribution in [0, 0.1) is 13.8 Å². The van der Waals surface area contributed by atoms with E-state index in [1.165, 1.54) is 44.2 Å². The van der Waals surface area contributed by atoms with Gasteiger partial charge in [0.2, 0.25) is 0 Å². The van der Waals surface area contributed by atoms with Crippen molar-refractivity contribution >= 4 is 88.9 Å². The van der Waals surface area contributed by atoms with E-state index in [1.54, 1.807) is 6.08 Å². The largest absolute Gasteiger partial charge is 0.359 e. The number of aromatic nitrogens is 1. The Kier molecular flexibility index (Phi) is 14.5. The van der Waals surface area contributed by atoms with Crippen molar-refractivity contribution in [2.24, 2.45) is 0 Å². The Balaban J connectivity index is 0.00000203. The van der Waals surface area contributed by atoms with E-state index in [0.717, 1.165) is 85.5 Å². The molecular weight excluding hydrogens is 861 g/mol. The highest BCUT2D eigenvalue weighted by molar-refractivity contribution is 6.24. The number of anilines is 7. The fraction of sp³-hybridized carbons (Fsp3) is 0.134. The Labute approximate surface area is 420 Å². The van der Waals surface area contributed by atoms with Gasteiger partial charge in [-0.1, -0.05) is 158 Å². The highest BCUT2D eigenvalue weighted by atomic mass is 15.2. The molecule has 4 heteroatoms. The van der Waals surface area contributed by atoms with Crippen LogP contribution in [0.3, 0.4) is 0 Å². The van der Waals surface area contributed by atoms with Gasteiger partial charge in [-0.15, -0.1) is 6.58 Å². The summed E-state index contributed by atoms with van der Waals surface area (Å²) < 4.78 is 2.45. The van der Waals surface area contributed by atoms with Gasteiger partial charge in [-0.3, -0.25) is 0 Å². The van der Waals surface area contributed by atoms with Crippen molar-refractivity contribution in [1.82, 2.24) is 4.57 Å². The van der Waals surface area contributed by atoms with E-state index in [-0.39, 0.29) is 0 Å². The first-order chi connectivity index (χ1) is 34.8.